The van der Waals surface area contributed by atoms with Crippen LogP contribution in [0, 0.1) is 0 Å². The normalized spacial score (nSPS) is 17.4. The van der Waals surface area contributed by atoms with Crippen molar-refractivity contribution in [2.45, 2.75) is 5.54 Å². The fourth-order valence-electron chi connectivity index (χ4n) is 0.212. The third kappa shape index (κ3) is 1.61. The van der Waals surface area contributed by atoms with E-state index in [1.165, 1.54) is 6.08 Å². The fraction of sp³-hybridized carbons (Fsp3) is 0.600. The van der Waals surface area contributed by atoms with Gasteiger partial charge >= 0.3 is 0 Å². The summed E-state index contributed by atoms with van der Waals surface area (Å²) in [7, 11) is 0. The van der Waals surface area contributed by atoms with Gasteiger partial charge in [0.25, 0.3) is 0 Å². The molecule has 48 valence electrons. The van der Waals surface area contributed by atoms with Crippen LogP contribution in [0.5, 0.6) is 0 Å². The summed E-state index contributed by atoms with van der Waals surface area (Å²) in [6.07, 6.45) is 1.45. The van der Waals surface area contributed by atoms with Crippen LogP contribution in [0.25, 0.3) is 0 Å². The molecule has 0 saturated heterocycles. The lowest BCUT2D eigenvalue weighted by Crippen LogP contribution is -2.48. The van der Waals surface area contributed by atoms with Gasteiger partial charge in [0.05, 0.1) is 12.1 Å². The molecule has 0 saturated carbocycles. The van der Waals surface area contributed by atoms with E-state index in [9.17, 15) is 0 Å². The summed E-state index contributed by atoms with van der Waals surface area (Å²) >= 11 is 0. The number of hydrogen-bond donors (Lipinski definition) is 3. The Bertz CT molecular complexity index is 78.5. The van der Waals surface area contributed by atoms with E-state index < -0.39 is 5.54 Å². The number of hydrogen-bond acceptors (Lipinski definition) is 3. The van der Waals surface area contributed by atoms with Crippen LogP contribution in [0.3, 0.4) is 0 Å². The Morgan fingerprint density at radius 3 is 2.25 bits per heavy atom. The Morgan fingerprint density at radius 1 is 1.75 bits per heavy atom. The minimum Gasteiger partial charge on any atom is -0.394 e. The van der Waals surface area contributed by atoms with Gasteiger partial charge < -0.3 is 16.6 Å². The molecule has 0 bridgehead atoms. The first-order valence-corrected chi connectivity index (χ1v) is 2.42. The van der Waals surface area contributed by atoms with E-state index in [4.69, 9.17) is 16.6 Å². The lowest BCUT2D eigenvalue weighted by Gasteiger charge is -2.19. The minimum atomic E-state index is -0.778. The Morgan fingerprint density at radius 2 is 2.25 bits per heavy atom. The van der Waals surface area contributed by atoms with Crippen LogP contribution in [0.4, 0.5) is 0 Å². The van der Waals surface area contributed by atoms with Crippen LogP contribution in [0.1, 0.15) is 0 Å². The van der Waals surface area contributed by atoms with Crippen molar-refractivity contribution >= 4 is 0 Å². The molecule has 8 heavy (non-hydrogen) atoms. The zero-order valence-electron chi connectivity index (χ0n) is 4.80. The number of aliphatic hydroxyl groups excluding tert-OH is 1. The van der Waals surface area contributed by atoms with E-state index in [-0.39, 0.29) is 13.2 Å². The third-order valence-electron chi connectivity index (χ3n) is 1.08. The molecule has 0 fully saturated rings. The number of nitrogens with two attached hydrogens (primary N) is 2. The highest BCUT2D eigenvalue weighted by Crippen LogP contribution is 1.94. The average Bonchev–Trinajstić information content (AvgIpc) is 1.87. The molecular weight excluding hydrogens is 104 g/mol. The van der Waals surface area contributed by atoms with Gasteiger partial charge in [-0.15, -0.1) is 6.58 Å². The molecule has 0 aliphatic rings. The molecule has 3 nitrogen and oxygen atoms in total. The van der Waals surface area contributed by atoms with E-state index in [0.29, 0.717) is 0 Å². The van der Waals surface area contributed by atoms with Crippen LogP contribution in [-0.4, -0.2) is 23.8 Å². The van der Waals surface area contributed by atoms with E-state index >= 15 is 0 Å². The molecule has 1 atom stereocenters. The molecule has 5 N–H and O–H groups in total. The Kier molecular flexibility index (Phi) is 2.68. The lowest BCUT2D eigenvalue weighted by atomic mass is 10.0. The molecule has 1 unspecified atom stereocenters. The highest BCUT2D eigenvalue weighted by atomic mass is 16.3. The topological polar surface area (TPSA) is 72.3 Å². The molecule has 0 rings (SSSR count). The monoisotopic (exact) mass is 116 g/mol. The summed E-state index contributed by atoms with van der Waals surface area (Å²) < 4.78 is 0. The molecule has 0 spiro atoms. The summed E-state index contributed by atoms with van der Waals surface area (Å²) in [5, 5.41) is 8.51. The standard InChI is InChI=1S/C5H12N2O/c1-2-5(7,3-6)4-8/h2,8H,1,3-4,6-7H2. The molecule has 0 amide bonds. The summed E-state index contributed by atoms with van der Waals surface area (Å²) in [5.74, 6) is 0. The second-order valence-corrected chi connectivity index (χ2v) is 1.80. The first-order valence-electron chi connectivity index (χ1n) is 2.42. The van der Waals surface area contributed by atoms with Crippen LogP contribution < -0.4 is 11.5 Å². The molecule has 0 heterocycles. The zero-order valence-corrected chi connectivity index (χ0v) is 4.80. The number of aliphatic hydroxyl groups is 1. The summed E-state index contributed by atoms with van der Waals surface area (Å²) in [6.45, 7) is 3.49. The second-order valence-electron chi connectivity index (χ2n) is 1.80. The Hall–Kier alpha value is -0.380. The van der Waals surface area contributed by atoms with Gasteiger partial charge in [-0.2, -0.15) is 0 Å². The predicted octanol–water partition coefficient (Wildman–Crippen LogP) is -1.18. The van der Waals surface area contributed by atoms with Gasteiger partial charge in [-0.05, 0) is 0 Å². The zero-order chi connectivity index (χ0) is 6.62. The van der Waals surface area contributed by atoms with Crippen molar-refractivity contribution in [2.75, 3.05) is 13.2 Å². The van der Waals surface area contributed by atoms with Gasteiger partial charge in [0.15, 0.2) is 0 Å². The quantitative estimate of drug-likeness (QED) is 0.406. The highest BCUT2D eigenvalue weighted by molar-refractivity contribution is 5.00. The first kappa shape index (κ1) is 7.62. The molecule has 0 aromatic heterocycles. The lowest BCUT2D eigenvalue weighted by molar-refractivity contribution is 0.231. The molecule has 0 radical (unpaired) electrons. The van der Waals surface area contributed by atoms with Crippen molar-refractivity contribution in [3.63, 3.8) is 0 Å². The van der Waals surface area contributed by atoms with Gasteiger partial charge in [0, 0.05) is 6.54 Å². The molecule has 0 aliphatic heterocycles. The van der Waals surface area contributed by atoms with Crippen LogP contribution >= 0.6 is 0 Å². The van der Waals surface area contributed by atoms with Gasteiger partial charge in [-0.25, -0.2) is 0 Å². The van der Waals surface area contributed by atoms with Gasteiger partial charge in [-0.1, -0.05) is 6.08 Å². The average molecular weight is 116 g/mol. The van der Waals surface area contributed by atoms with Crippen molar-refractivity contribution in [1.29, 1.82) is 0 Å². The maximum absolute atomic E-state index is 8.51. The molecule has 0 aliphatic carbocycles. The van der Waals surface area contributed by atoms with Gasteiger partial charge in [0.1, 0.15) is 0 Å². The maximum atomic E-state index is 8.51. The highest BCUT2D eigenvalue weighted by Gasteiger charge is 2.15. The van der Waals surface area contributed by atoms with Crippen molar-refractivity contribution in [3.05, 3.63) is 12.7 Å². The van der Waals surface area contributed by atoms with Gasteiger partial charge in [0.2, 0.25) is 0 Å². The third-order valence-corrected chi connectivity index (χ3v) is 1.08. The van der Waals surface area contributed by atoms with E-state index in [1.807, 2.05) is 0 Å². The molecule has 3 heteroatoms. The summed E-state index contributed by atoms with van der Waals surface area (Å²) in [6, 6.07) is 0. The van der Waals surface area contributed by atoms with E-state index in [2.05, 4.69) is 6.58 Å². The molecular formula is C5H12N2O. The smallest absolute Gasteiger partial charge is 0.0695 e. The van der Waals surface area contributed by atoms with Crippen molar-refractivity contribution in [3.8, 4) is 0 Å². The molecule has 0 aromatic rings. The van der Waals surface area contributed by atoms with Crippen LogP contribution in [0.2, 0.25) is 0 Å². The SMILES string of the molecule is C=CC(N)(CN)CO. The van der Waals surface area contributed by atoms with E-state index in [0.717, 1.165) is 0 Å². The van der Waals surface area contributed by atoms with Crippen LogP contribution in [0.15, 0.2) is 12.7 Å². The summed E-state index contributed by atoms with van der Waals surface area (Å²) in [5.41, 5.74) is 9.80. The van der Waals surface area contributed by atoms with E-state index in [1.54, 1.807) is 0 Å². The predicted molar refractivity (Wildman–Crippen MR) is 33.3 cm³/mol. The molecule has 0 aromatic carbocycles. The fourth-order valence-corrected chi connectivity index (χ4v) is 0.212. The first-order chi connectivity index (χ1) is 3.68. The Labute approximate surface area is 49.0 Å². The van der Waals surface area contributed by atoms with Gasteiger partial charge in [-0.3, -0.25) is 0 Å². The number of rotatable bonds is 3. The second kappa shape index (κ2) is 2.81. The Balaban J connectivity index is 3.76. The van der Waals surface area contributed by atoms with Crippen molar-refractivity contribution in [2.24, 2.45) is 11.5 Å². The van der Waals surface area contributed by atoms with Crippen LogP contribution in [-0.2, 0) is 0 Å². The van der Waals surface area contributed by atoms with Crippen molar-refractivity contribution in [1.82, 2.24) is 0 Å². The summed E-state index contributed by atoms with van der Waals surface area (Å²) in [4.78, 5) is 0. The van der Waals surface area contributed by atoms with Crippen molar-refractivity contribution < 1.29 is 5.11 Å². The maximum Gasteiger partial charge on any atom is 0.0695 e. The minimum absolute atomic E-state index is 0.146. The largest absolute Gasteiger partial charge is 0.394 e.